The Kier molecular flexibility index (Phi) is 4.48. The molecule has 1 aliphatic carbocycles. The summed E-state index contributed by atoms with van der Waals surface area (Å²) in [6.45, 7) is 0. The molecule has 1 aliphatic heterocycles. The first-order chi connectivity index (χ1) is 13.1. The number of para-hydroxylation sites is 1. The number of nitrogens with zero attached hydrogens (tertiary/aromatic N) is 1. The third kappa shape index (κ3) is 2.81. The second-order valence-electron chi connectivity index (χ2n) is 6.86. The van der Waals surface area contributed by atoms with E-state index in [0.717, 1.165) is 25.7 Å². The monoisotopic (exact) mass is 367 g/mol. The molecule has 27 heavy (non-hydrogen) atoms. The first kappa shape index (κ1) is 17.4. The van der Waals surface area contributed by atoms with Crippen molar-refractivity contribution in [3.05, 3.63) is 65.3 Å². The van der Waals surface area contributed by atoms with Gasteiger partial charge in [0.25, 0.3) is 5.91 Å². The molecule has 0 spiro atoms. The van der Waals surface area contributed by atoms with Crippen LogP contribution < -0.4 is 4.74 Å². The minimum absolute atomic E-state index is 0.0172. The lowest BCUT2D eigenvalue weighted by atomic mass is 9.93. The molecule has 1 saturated carbocycles. The molecule has 2 aromatic rings. The number of ketones is 1. The number of aliphatic hydroxyl groups excluding tert-OH is 1. The summed E-state index contributed by atoms with van der Waals surface area (Å²) in [6, 6.07) is 9.70. The Bertz CT molecular complexity index is 893. The Balaban J connectivity index is 1.86. The lowest BCUT2D eigenvalue weighted by molar-refractivity contribution is -0.131. The average molecular weight is 367 g/mol. The number of ether oxygens (including phenoxy) is 1. The molecule has 6 heteroatoms. The summed E-state index contributed by atoms with van der Waals surface area (Å²) in [5.41, 5.74) is 0.727. The fourth-order valence-corrected chi connectivity index (χ4v) is 4.15. The van der Waals surface area contributed by atoms with Gasteiger partial charge in [-0.1, -0.05) is 31.0 Å². The van der Waals surface area contributed by atoms with Crippen LogP contribution in [0.1, 0.15) is 47.8 Å². The van der Waals surface area contributed by atoms with Crippen molar-refractivity contribution in [2.24, 2.45) is 0 Å². The lowest BCUT2D eigenvalue weighted by Crippen LogP contribution is -2.38. The molecule has 2 heterocycles. The number of hydrogen-bond donors (Lipinski definition) is 1. The molecule has 1 aromatic heterocycles. The number of Topliss-reactive ketones (excluding diaryl/α,β-unsaturated/α-hetero) is 1. The molecule has 0 radical (unpaired) electrons. The molecular formula is C21H21NO5. The second kappa shape index (κ2) is 6.95. The second-order valence-corrected chi connectivity index (χ2v) is 6.86. The first-order valence-electron chi connectivity index (χ1n) is 9.10. The Morgan fingerprint density at radius 2 is 1.93 bits per heavy atom. The minimum Gasteiger partial charge on any atom is -0.503 e. The van der Waals surface area contributed by atoms with Crippen LogP contribution in [0.25, 0.3) is 0 Å². The van der Waals surface area contributed by atoms with Crippen LogP contribution in [0.5, 0.6) is 5.75 Å². The van der Waals surface area contributed by atoms with E-state index in [2.05, 4.69) is 0 Å². The van der Waals surface area contributed by atoms with Gasteiger partial charge >= 0.3 is 0 Å². The van der Waals surface area contributed by atoms with Crippen LogP contribution in [-0.4, -0.2) is 34.8 Å². The van der Waals surface area contributed by atoms with E-state index in [-0.39, 0.29) is 17.4 Å². The molecule has 1 unspecified atom stereocenters. The van der Waals surface area contributed by atoms with Gasteiger partial charge in [-0.15, -0.1) is 0 Å². The topological polar surface area (TPSA) is 80.0 Å². The van der Waals surface area contributed by atoms with Crippen LogP contribution >= 0.6 is 0 Å². The maximum absolute atomic E-state index is 13.1. The average Bonchev–Trinajstić information content (AvgIpc) is 3.43. The zero-order valence-corrected chi connectivity index (χ0v) is 15.1. The number of furan rings is 1. The van der Waals surface area contributed by atoms with Crippen LogP contribution in [0.15, 0.2) is 58.4 Å². The van der Waals surface area contributed by atoms with Crippen LogP contribution in [0.2, 0.25) is 0 Å². The summed E-state index contributed by atoms with van der Waals surface area (Å²) in [5.74, 6) is -0.829. The molecule has 140 valence electrons. The van der Waals surface area contributed by atoms with Crippen LogP contribution in [0.4, 0.5) is 0 Å². The smallest absolute Gasteiger partial charge is 0.290 e. The van der Waals surface area contributed by atoms with Gasteiger partial charge in [0.2, 0.25) is 5.78 Å². The van der Waals surface area contributed by atoms with E-state index in [4.69, 9.17) is 9.15 Å². The van der Waals surface area contributed by atoms with Gasteiger partial charge in [-0.3, -0.25) is 9.59 Å². The Morgan fingerprint density at radius 3 is 2.59 bits per heavy atom. The summed E-state index contributed by atoms with van der Waals surface area (Å²) in [4.78, 5) is 27.7. The minimum atomic E-state index is -0.700. The molecule has 1 atom stereocenters. The number of methoxy groups -OCH3 is 1. The zero-order valence-electron chi connectivity index (χ0n) is 15.1. The molecule has 1 N–H and O–H groups in total. The van der Waals surface area contributed by atoms with Gasteiger partial charge in [0.1, 0.15) is 5.75 Å². The summed E-state index contributed by atoms with van der Waals surface area (Å²) >= 11 is 0. The Labute approximate surface area is 157 Å². The predicted molar refractivity (Wildman–Crippen MR) is 97.5 cm³/mol. The Morgan fingerprint density at radius 1 is 1.19 bits per heavy atom. The number of hydrogen-bond acceptors (Lipinski definition) is 5. The van der Waals surface area contributed by atoms with Gasteiger partial charge in [-0.2, -0.15) is 0 Å². The van der Waals surface area contributed by atoms with Gasteiger partial charge in [-0.05, 0) is 31.0 Å². The lowest BCUT2D eigenvalue weighted by Gasteiger charge is -2.32. The number of amides is 1. The van der Waals surface area contributed by atoms with E-state index in [0.29, 0.717) is 11.3 Å². The molecule has 0 saturated heterocycles. The van der Waals surface area contributed by atoms with Gasteiger partial charge in [0, 0.05) is 11.6 Å². The quantitative estimate of drug-likeness (QED) is 0.813. The Hall–Kier alpha value is -3.02. The number of benzene rings is 1. The van der Waals surface area contributed by atoms with Crippen molar-refractivity contribution < 1.29 is 23.8 Å². The largest absolute Gasteiger partial charge is 0.503 e. The number of carbonyl (C=O) groups is 2. The van der Waals surface area contributed by atoms with Crippen molar-refractivity contribution in [3.63, 3.8) is 0 Å². The van der Waals surface area contributed by atoms with E-state index in [1.54, 1.807) is 24.1 Å². The fraction of sp³-hybridized carbons (Fsp3) is 0.333. The predicted octanol–water partition coefficient (Wildman–Crippen LogP) is 3.81. The van der Waals surface area contributed by atoms with Gasteiger partial charge in [-0.25, -0.2) is 0 Å². The highest BCUT2D eigenvalue weighted by molar-refractivity contribution is 6.15. The van der Waals surface area contributed by atoms with E-state index in [1.165, 1.54) is 12.3 Å². The standard InChI is InChI=1S/C21H21NO5/c1-26-15-10-5-4-9-14(15)18-17(19(23)16-11-6-12-27-16)20(24)21(25)22(18)13-7-2-3-8-13/h4-6,9-13,18,24H,2-3,7-8H2,1H3. The maximum Gasteiger partial charge on any atom is 0.290 e. The highest BCUT2D eigenvalue weighted by atomic mass is 16.5. The van der Waals surface area contributed by atoms with Gasteiger partial charge < -0.3 is 19.2 Å². The fourth-order valence-electron chi connectivity index (χ4n) is 4.15. The van der Waals surface area contributed by atoms with Crippen LogP contribution in [-0.2, 0) is 4.79 Å². The van der Waals surface area contributed by atoms with Crippen molar-refractivity contribution >= 4 is 11.7 Å². The third-order valence-electron chi connectivity index (χ3n) is 5.39. The number of rotatable bonds is 5. The SMILES string of the molecule is COc1ccccc1C1C(C(=O)c2ccco2)=C(O)C(=O)N1C1CCCC1. The summed E-state index contributed by atoms with van der Waals surface area (Å²) in [6.07, 6.45) is 5.15. The van der Waals surface area contributed by atoms with E-state index in [9.17, 15) is 14.7 Å². The third-order valence-corrected chi connectivity index (χ3v) is 5.39. The first-order valence-corrected chi connectivity index (χ1v) is 9.10. The molecule has 4 rings (SSSR count). The zero-order chi connectivity index (χ0) is 19.0. The van der Waals surface area contributed by atoms with Crippen molar-refractivity contribution in [2.45, 2.75) is 37.8 Å². The highest BCUT2D eigenvalue weighted by Crippen LogP contribution is 2.45. The van der Waals surface area contributed by atoms with Crippen molar-refractivity contribution in [2.75, 3.05) is 7.11 Å². The summed E-state index contributed by atoms with van der Waals surface area (Å²) < 4.78 is 10.7. The van der Waals surface area contributed by atoms with E-state index >= 15 is 0 Å². The van der Waals surface area contributed by atoms with Crippen LogP contribution in [0, 0.1) is 0 Å². The number of aliphatic hydroxyl groups is 1. The van der Waals surface area contributed by atoms with E-state index in [1.807, 2.05) is 18.2 Å². The van der Waals surface area contributed by atoms with Crippen molar-refractivity contribution in [1.82, 2.24) is 4.90 Å². The summed E-state index contributed by atoms with van der Waals surface area (Å²) in [5, 5.41) is 10.6. The van der Waals surface area contributed by atoms with Crippen LogP contribution in [0.3, 0.4) is 0 Å². The van der Waals surface area contributed by atoms with Crippen molar-refractivity contribution in [1.29, 1.82) is 0 Å². The highest BCUT2D eigenvalue weighted by Gasteiger charge is 2.48. The molecular weight excluding hydrogens is 346 g/mol. The summed E-state index contributed by atoms with van der Waals surface area (Å²) in [7, 11) is 1.55. The van der Waals surface area contributed by atoms with Gasteiger partial charge in [0.15, 0.2) is 11.5 Å². The molecule has 1 fully saturated rings. The number of carbonyl (C=O) groups excluding carboxylic acids is 2. The maximum atomic E-state index is 13.1. The van der Waals surface area contributed by atoms with Gasteiger partial charge in [0.05, 0.1) is 25.0 Å². The molecule has 0 bridgehead atoms. The molecule has 6 nitrogen and oxygen atoms in total. The molecule has 1 amide bonds. The normalized spacial score (nSPS) is 20.6. The van der Waals surface area contributed by atoms with Crippen molar-refractivity contribution in [3.8, 4) is 5.75 Å². The molecule has 2 aliphatic rings. The van der Waals surface area contributed by atoms with E-state index < -0.39 is 23.5 Å². The molecule has 1 aromatic carbocycles.